The molecule has 0 aliphatic heterocycles. The fourth-order valence-electron chi connectivity index (χ4n) is 4.72. The minimum absolute atomic E-state index is 0.0492. The molecule has 0 aromatic carbocycles. The van der Waals surface area contributed by atoms with Gasteiger partial charge in [-0.15, -0.1) is 0 Å². The van der Waals surface area contributed by atoms with Crippen LogP contribution in [0.25, 0.3) is 0 Å². The van der Waals surface area contributed by atoms with Crippen molar-refractivity contribution < 1.29 is 37.6 Å². The molecule has 0 saturated carbocycles. The smallest absolute Gasteiger partial charge is 0.462 e. The molecular weight excluding hydrogens is 617 g/mol. The maximum absolute atomic E-state index is 12.5. The molecule has 0 aliphatic carbocycles. The van der Waals surface area contributed by atoms with Gasteiger partial charge < -0.3 is 20.1 Å². The van der Waals surface area contributed by atoms with Crippen molar-refractivity contribution in [3.63, 3.8) is 0 Å². The number of carbonyl (C=O) groups is 2. The van der Waals surface area contributed by atoms with Gasteiger partial charge in [-0.2, -0.15) is 0 Å². The third kappa shape index (κ3) is 33.9. The van der Waals surface area contributed by atoms with E-state index in [1.807, 2.05) is 0 Å². The second-order valence-corrected chi connectivity index (χ2v) is 13.5. The van der Waals surface area contributed by atoms with Crippen LogP contribution in [0.4, 0.5) is 0 Å². The molecule has 0 heterocycles. The monoisotopic (exact) mass is 685 g/mol. The molecule has 47 heavy (non-hydrogen) atoms. The lowest BCUT2D eigenvalue weighted by molar-refractivity contribution is -0.161. The first-order valence-corrected chi connectivity index (χ1v) is 20.0. The normalized spacial score (nSPS) is 13.9. The number of hydrogen-bond acceptors (Lipinski definition) is 8. The van der Waals surface area contributed by atoms with Gasteiger partial charge in [0.25, 0.3) is 0 Å². The molecule has 0 aromatic heterocycles. The number of phosphoric acid groups is 1. The molecule has 0 radical (unpaired) electrons. The fourth-order valence-corrected chi connectivity index (χ4v) is 5.49. The highest BCUT2D eigenvalue weighted by Crippen LogP contribution is 2.43. The number of carbonyl (C=O) groups excluding carboxylic acids is 2. The molecule has 9 nitrogen and oxygen atoms in total. The van der Waals surface area contributed by atoms with Gasteiger partial charge in [0.2, 0.25) is 0 Å². The number of phosphoric ester groups is 1. The summed E-state index contributed by atoms with van der Waals surface area (Å²) in [6, 6.07) is 0. The van der Waals surface area contributed by atoms with Gasteiger partial charge in [0, 0.05) is 19.4 Å². The third-order valence-corrected chi connectivity index (χ3v) is 8.46. The standard InChI is InChI=1S/C37H68NO8P/c1-3-5-7-9-11-13-15-17-19-21-23-25-27-29-36(39)43-33-35(34-45-47(41,42)44-32-31-38)46-37(40)30-28-26-24-22-20-18-16-14-12-10-8-6-4-2/h8,10,13-16,35H,3-7,9,11-12,17-34,38H2,1-2H3,(H,41,42)/b10-8-,15-13-,16-14-. The number of unbranched alkanes of at least 4 members (excludes halogenated alkanes) is 15. The predicted molar refractivity (Wildman–Crippen MR) is 192 cm³/mol. The third-order valence-electron chi connectivity index (χ3n) is 7.48. The molecule has 3 N–H and O–H groups in total. The second kappa shape index (κ2) is 34.1. The molecule has 0 spiro atoms. The van der Waals surface area contributed by atoms with Crippen molar-refractivity contribution in [2.24, 2.45) is 5.73 Å². The molecule has 0 saturated heterocycles. The number of ether oxygens (including phenoxy) is 2. The van der Waals surface area contributed by atoms with Crippen LogP contribution in [0.3, 0.4) is 0 Å². The minimum atomic E-state index is -4.37. The maximum atomic E-state index is 12.5. The van der Waals surface area contributed by atoms with Crippen LogP contribution in [-0.4, -0.2) is 49.3 Å². The van der Waals surface area contributed by atoms with Gasteiger partial charge in [-0.05, 0) is 64.2 Å². The predicted octanol–water partition coefficient (Wildman–Crippen LogP) is 9.82. The van der Waals surface area contributed by atoms with Crippen molar-refractivity contribution >= 4 is 19.8 Å². The van der Waals surface area contributed by atoms with Crippen molar-refractivity contribution in [1.29, 1.82) is 0 Å². The van der Waals surface area contributed by atoms with Crippen LogP contribution in [0.2, 0.25) is 0 Å². The van der Waals surface area contributed by atoms with Crippen molar-refractivity contribution in [1.82, 2.24) is 0 Å². The van der Waals surface area contributed by atoms with E-state index in [9.17, 15) is 19.0 Å². The number of hydrogen-bond donors (Lipinski definition) is 2. The second-order valence-electron chi connectivity index (χ2n) is 12.1. The van der Waals surface area contributed by atoms with Gasteiger partial charge in [-0.25, -0.2) is 4.57 Å². The summed E-state index contributed by atoms with van der Waals surface area (Å²) in [4.78, 5) is 34.6. The van der Waals surface area contributed by atoms with Gasteiger partial charge in [0.05, 0.1) is 13.2 Å². The van der Waals surface area contributed by atoms with E-state index in [4.69, 9.17) is 24.3 Å². The first kappa shape index (κ1) is 45.2. The molecule has 0 fully saturated rings. The van der Waals surface area contributed by atoms with Crippen LogP contribution in [0.15, 0.2) is 36.5 Å². The molecular formula is C37H68NO8P. The highest BCUT2D eigenvalue weighted by atomic mass is 31.2. The molecule has 0 aromatic rings. The Hall–Kier alpha value is -1.77. The highest BCUT2D eigenvalue weighted by molar-refractivity contribution is 7.47. The van der Waals surface area contributed by atoms with Crippen molar-refractivity contribution in [2.75, 3.05) is 26.4 Å². The van der Waals surface area contributed by atoms with Crippen LogP contribution in [0.1, 0.15) is 155 Å². The van der Waals surface area contributed by atoms with Crippen LogP contribution in [-0.2, 0) is 32.7 Å². The van der Waals surface area contributed by atoms with E-state index in [1.165, 1.54) is 38.5 Å². The van der Waals surface area contributed by atoms with E-state index in [1.54, 1.807) is 0 Å². The van der Waals surface area contributed by atoms with Crippen LogP contribution < -0.4 is 5.73 Å². The lowest BCUT2D eigenvalue weighted by atomic mass is 10.1. The van der Waals surface area contributed by atoms with Crippen molar-refractivity contribution in [3.05, 3.63) is 36.5 Å². The zero-order chi connectivity index (χ0) is 34.7. The van der Waals surface area contributed by atoms with Gasteiger partial charge in [0.15, 0.2) is 6.10 Å². The molecule has 274 valence electrons. The van der Waals surface area contributed by atoms with E-state index in [-0.39, 0.29) is 32.6 Å². The molecule has 0 bridgehead atoms. The summed E-state index contributed by atoms with van der Waals surface area (Å²) in [6.07, 6.45) is 34.6. The van der Waals surface area contributed by atoms with Gasteiger partial charge in [0.1, 0.15) is 6.61 Å². The summed E-state index contributed by atoms with van der Waals surface area (Å²) >= 11 is 0. The van der Waals surface area contributed by atoms with E-state index < -0.39 is 32.5 Å². The Kier molecular flexibility index (Phi) is 32.8. The Morgan fingerprint density at radius 3 is 1.72 bits per heavy atom. The zero-order valence-electron chi connectivity index (χ0n) is 29.8. The Bertz CT molecular complexity index is 876. The van der Waals surface area contributed by atoms with Gasteiger partial charge in [-0.1, -0.05) is 115 Å². The summed E-state index contributed by atoms with van der Waals surface area (Å²) < 4.78 is 32.6. The average molecular weight is 686 g/mol. The lowest BCUT2D eigenvalue weighted by Crippen LogP contribution is -2.29. The van der Waals surface area contributed by atoms with Crippen LogP contribution in [0.5, 0.6) is 0 Å². The van der Waals surface area contributed by atoms with Crippen molar-refractivity contribution in [2.45, 2.75) is 161 Å². The Morgan fingerprint density at radius 1 is 0.638 bits per heavy atom. The fraction of sp³-hybridized carbons (Fsp3) is 0.784. The number of allylic oxidation sites excluding steroid dienone is 6. The summed E-state index contributed by atoms with van der Waals surface area (Å²) in [5.41, 5.74) is 5.32. The first-order valence-electron chi connectivity index (χ1n) is 18.5. The van der Waals surface area contributed by atoms with E-state index in [0.29, 0.717) is 6.42 Å². The number of nitrogens with two attached hydrogens (primary N) is 1. The summed E-state index contributed by atoms with van der Waals surface area (Å²) in [5, 5.41) is 0. The summed E-state index contributed by atoms with van der Waals surface area (Å²) in [5.74, 6) is -0.859. The van der Waals surface area contributed by atoms with Gasteiger partial charge in [-0.3, -0.25) is 18.6 Å². The summed E-state index contributed by atoms with van der Waals surface area (Å²) in [7, 11) is -4.37. The quantitative estimate of drug-likeness (QED) is 0.0294. The molecule has 0 amide bonds. The molecule has 2 unspecified atom stereocenters. The molecule has 0 aliphatic rings. The van der Waals surface area contributed by atoms with E-state index in [2.05, 4.69) is 50.3 Å². The van der Waals surface area contributed by atoms with E-state index >= 15 is 0 Å². The zero-order valence-corrected chi connectivity index (χ0v) is 30.7. The maximum Gasteiger partial charge on any atom is 0.472 e. The molecule has 2 atom stereocenters. The van der Waals surface area contributed by atoms with Crippen LogP contribution in [0, 0.1) is 0 Å². The Balaban J connectivity index is 4.28. The van der Waals surface area contributed by atoms with Gasteiger partial charge >= 0.3 is 19.8 Å². The van der Waals surface area contributed by atoms with Crippen LogP contribution >= 0.6 is 7.82 Å². The average Bonchev–Trinajstić information content (AvgIpc) is 3.05. The highest BCUT2D eigenvalue weighted by Gasteiger charge is 2.25. The molecule has 10 heteroatoms. The lowest BCUT2D eigenvalue weighted by Gasteiger charge is -2.19. The van der Waals surface area contributed by atoms with E-state index in [0.717, 1.165) is 83.5 Å². The molecule has 0 rings (SSSR count). The number of esters is 2. The Labute approximate surface area is 286 Å². The topological polar surface area (TPSA) is 134 Å². The largest absolute Gasteiger partial charge is 0.472 e. The SMILES string of the molecule is CCC/C=C\C/C=C\CCCCCCCC(=O)OC(COC(=O)CCCCCCC/C=C\CCCCCC)COP(=O)(O)OCCN. The van der Waals surface area contributed by atoms with Crippen molar-refractivity contribution in [3.8, 4) is 0 Å². The Morgan fingerprint density at radius 2 is 1.15 bits per heavy atom. The number of rotatable bonds is 34. The first-order chi connectivity index (χ1) is 22.8. The minimum Gasteiger partial charge on any atom is -0.462 e. The summed E-state index contributed by atoms with van der Waals surface area (Å²) in [6.45, 7) is 3.60.